The highest BCUT2D eigenvalue weighted by molar-refractivity contribution is 8.01. The van der Waals surface area contributed by atoms with Gasteiger partial charge >= 0.3 is 5.97 Å². The van der Waals surface area contributed by atoms with Gasteiger partial charge < -0.3 is 5.11 Å². The smallest absolute Gasteiger partial charge is 0.313 e. The molecular formula is C12H12N4O3S2. The zero-order valence-corrected chi connectivity index (χ0v) is 12.9. The summed E-state index contributed by atoms with van der Waals surface area (Å²) >= 11 is 2.19. The normalized spacial score (nSPS) is 10.4. The summed E-state index contributed by atoms with van der Waals surface area (Å²) < 4.78 is 0.492. The summed E-state index contributed by atoms with van der Waals surface area (Å²) in [6.45, 7) is 3.61. The zero-order valence-electron chi connectivity index (χ0n) is 11.3. The molecule has 2 heterocycles. The topological polar surface area (TPSA) is 105 Å². The van der Waals surface area contributed by atoms with Crippen LogP contribution in [0.5, 0.6) is 0 Å². The number of thioether (sulfide) groups is 1. The second kappa shape index (κ2) is 6.64. The van der Waals surface area contributed by atoms with E-state index in [1.807, 2.05) is 6.92 Å². The Morgan fingerprint density at radius 2 is 2.10 bits per heavy atom. The van der Waals surface area contributed by atoms with Crippen LogP contribution in [0.2, 0.25) is 0 Å². The fourth-order valence-corrected chi connectivity index (χ4v) is 3.00. The molecule has 2 N–H and O–H groups in total. The fraction of sp³-hybridized carbons (Fsp3) is 0.250. The first-order chi connectivity index (χ1) is 9.95. The Bertz CT molecular complexity index is 687. The van der Waals surface area contributed by atoms with Crippen molar-refractivity contribution in [1.29, 1.82) is 0 Å². The van der Waals surface area contributed by atoms with Crippen LogP contribution in [0.4, 0.5) is 5.13 Å². The summed E-state index contributed by atoms with van der Waals surface area (Å²) in [6.07, 6.45) is 0. The van der Waals surface area contributed by atoms with E-state index in [0.29, 0.717) is 20.7 Å². The molecular weight excluding hydrogens is 312 g/mol. The highest BCUT2D eigenvalue weighted by Crippen LogP contribution is 2.25. The summed E-state index contributed by atoms with van der Waals surface area (Å²) in [6, 6.07) is 3.46. The number of rotatable bonds is 5. The molecule has 0 spiro atoms. The number of hydrogen-bond donors (Lipinski definition) is 2. The predicted octanol–water partition coefficient (Wildman–Crippen LogP) is 1.98. The molecule has 1 amide bonds. The lowest BCUT2D eigenvalue weighted by atomic mass is 10.2. The number of pyridine rings is 1. The quantitative estimate of drug-likeness (QED) is 0.640. The van der Waals surface area contributed by atoms with E-state index in [2.05, 4.69) is 20.5 Å². The van der Waals surface area contributed by atoms with E-state index in [4.69, 9.17) is 5.11 Å². The largest absolute Gasteiger partial charge is 0.481 e. The van der Waals surface area contributed by atoms with E-state index in [1.165, 1.54) is 0 Å². The van der Waals surface area contributed by atoms with Gasteiger partial charge in [-0.2, -0.15) is 0 Å². The second-order valence-electron chi connectivity index (χ2n) is 4.10. The van der Waals surface area contributed by atoms with Crippen molar-refractivity contribution in [2.24, 2.45) is 0 Å². The first kappa shape index (κ1) is 15.4. The summed E-state index contributed by atoms with van der Waals surface area (Å²) in [5.74, 6) is -1.34. The van der Waals surface area contributed by atoms with Gasteiger partial charge in [0.1, 0.15) is 0 Å². The number of carboxylic acid groups (broad SMARTS) is 1. The average Bonchev–Trinajstić information content (AvgIpc) is 2.83. The summed E-state index contributed by atoms with van der Waals surface area (Å²) in [5.41, 5.74) is 1.94. The van der Waals surface area contributed by atoms with Gasteiger partial charge in [0.15, 0.2) is 4.34 Å². The Kier molecular flexibility index (Phi) is 4.86. The summed E-state index contributed by atoms with van der Waals surface area (Å²) in [5, 5.41) is 19.2. The van der Waals surface area contributed by atoms with Crippen molar-refractivity contribution >= 4 is 40.1 Å². The maximum Gasteiger partial charge on any atom is 0.313 e. The summed E-state index contributed by atoms with van der Waals surface area (Å²) in [4.78, 5) is 26.8. The molecule has 0 fully saturated rings. The van der Waals surface area contributed by atoms with Crippen molar-refractivity contribution in [3.05, 3.63) is 29.1 Å². The maximum atomic E-state index is 12.1. The number of aromatic nitrogens is 3. The number of carboxylic acids is 1. The van der Waals surface area contributed by atoms with E-state index >= 15 is 0 Å². The van der Waals surface area contributed by atoms with Gasteiger partial charge in [-0.25, -0.2) is 0 Å². The first-order valence-electron chi connectivity index (χ1n) is 5.89. The van der Waals surface area contributed by atoms with Crippen LogP contribution in [0.3, 0.4) is 0 Å². The van der Waals surface area contributed by atoms with E-state index in [0.717, 1.165) is 28.8 Å². The van der Waals surface area contributed by atoms with Gasteiger partial charge in [-0.05, 0) is 26.0 Å². The molecule has 9 heteroatoms. The van der Waals surface area contributed by atoms with Crippen LogP contribution in [-0.2, 0) is 4.79 Å². The Morgan fingerprint density at radius 3 is 2.76 bits per heavy atom. The number of nitrogens with zero attached hydrogens (tertiary/aromatic N) is 3. The molecule has 21 heavy (non-hydrogen) atoms. The van der Waals surface area contributed by atoms with Crippen LogP contribution in [0.25, 0.3) is 0 Å². The molecule has 0 saturated carbocycles. The molecule has 0 radical (unpaired) electrons. The summed E-state index contributed by atoms with van der Waals surface area (Å²) in [7, 11) is 0. The fourth-order valence-electron chi connectivity index (χ4n) is 1.53. The molecule has 110 valence electrons. The monoisotopic (exact) mass is 324 g/mol. The van der Waals surface area contributed by atoms with Crippen LogP contribution < -0.4 is 5.32 Å². The number of carbonyl (C=O) groups is 2. The lowest BCUT2D eigenvalue weighted by Gasteiger charge is -2.04. The van der Waals surface area contributed by atoms with Crippen molar-refractivity contribution in [2.75, 3.05) is 11.1 Å². The molecule has 2 aromatic rings. The van der Waals surface area contributed by atoms with Crippen molar-refractivity contribution in [1.82, 2.24) is 15.2 Å². The Labute approximate surface area is 128 Å². The minimum absolute atomic E-state index is 0.0937. The van der Waals surface area contributed by atoms with Crippen LogP contribution in [0, 0.1) is 13.8 Å². The van der Waals surface area contributed by atoms with Crippen molar-refractivity contribution in [3.8, 4) is 0 Å². The predicted molar refractivity (Wildman–Crippen MR) is 79.9 cm³/mol. The van der Waals surface area contributed by atoms with Crippen LogP contribution >= 0.6 is 23.1 Å². The Morgan fingerprint density at radius 1 is 1.33 bits per heavy atom. The molecule has 0 aliphatic carbocycles. The van der Waals surface area contributed by atoms with Gasteiger partial charge in [0.2, 0.25) is 5.13 Å². The molecule has 0 atom stereocenters. The molecule has 0 bridgehead atoms. The average molecular weight is 324 g/mol. The third-order valence-corrected chi connectivity index (χ3v) is 4.37. The lowest BCUT2D eigenvalue weighted by Crippen LogP contribution is -2.14. The maximum absolute atomic E-state index is 12.1. The van der Waals surface area contributed by atoms with E-state index < -0.39 is 5.97 Å². The van der Waals surface area contributed by atoms with Gasteiger partial charge in [0.25, 0.3) is 5.91 Å². The minimum atomic E-state index is -0.929. The molecule has 2 rings (SSSR count). The number of aryl methyl sites for hydroxylation is 2. The number of aliphatic carboxylic acids is 1. The van der Waals surface area contributed by atoms with Gasteiger partial charge in [-0.3, -0.25) is 19.9 Å². The van der Waals surface area contributed by atoms with Gasteiger partial charge in [-0.15, -0.1) is 10.2 Å². The highest BCUT2D eigenvalue weighted by atomic mass is 32.2. The number of carbonyl (C=O) groups excluding carboxylic acids is 1. The van der Waals surface area contributed by atoms with Gasteiger partial charge in [0.05, 0.1) is 17.0 Å². The SMILES string of the molecule is Cc1ccc(C(=O)Nc2nnc(SCC(=O)O)s2)c(C)n1. The number of nitrogens with one attached hydrogen (secondary N) is 1. The van der Waals surface area contributed by atoms with Crippen molar-refractivity contribution in [3.63, 3.8) is 0 Å². The second-order valence-corrected chi connectivity index (χ2v) is 6.30. The molecule has 0 aliphatic rings. The Balaban J connectivity index is 2.04. The van der Waals surface area contributed by atoms with Crippen LogP contribution in [0.15, 0.2) is 16.5 Å². The van der Waals surface area contributed by atoms with Crippen molar-refractivity contribution in [2.45, 2.75) is 18.2 Å². The first-order valence-corrected chi connectivity index (χ1v) is 7.69. The highest BCUT2D eigenvalue weighted by Gasteiger charge is 2.13. The van der Waals surface area contributed by atoms with E-state index in [9.17, 15) is 9.59 Å². The molecule has 0 aliphatic heterocycles. The van der Waals surface area contributed by atoms with Crippen molar-refractivity contribution < 1.29 is 14.7 Å². The van der Waals surface area contributed by atoms with E-state index in [-0.39, 0.29) is 11.7 Å². The third kappa shape index (κ3) is 4.23. The third-order valence-electron chi connectivity index (χ3n) is 2.42. The van der Waals surface area contributed by atoms with Crippen LogP contribution in [-0.4, -0.2) is 37.9 Å². The molecule has 0 unspecified atom stereocenters. The van der Waals surface area contributed by atoms with Gasteiger partial charge in [0, 0.05) is 5.69 Å². The number of anilines is 1. The minimum Gasteiger partial charge on any atom is -0.481 e. The number of hydrogen-bond acceptors (Lipinski definition) is 7. The molecule has 2 aromatic heterocycles. The Hall–Kier alpha value is -2.00. The zero-order chi connectivity index (χ0) is 15.4. The molecule has 0 saturated heterocycles. The van der Waals surface area contributed by atoms with Gasteiger partial charge in [-0.1, -0.05) is 23.1 Å². The number of amides is 1. The lowest BCUT2D eigenvalue weighted by molar-refractivity contribution is -0.133. The van der Waals surface area contributed by atoms with Crippen LogP contribution in [0.1, 0.15) is 21.7 Å². The van der Waals surface area contributed by atoms with E-state index in [1.54, 1.807) is 19.1 Å². The molecule has 0 aromatic carbocycles. The molecule has 7 nitrogen and oxygen atoms in total. The standard InChI is InChI=1S/C12H12N4O3S2/c1-6-3-4-8(7(2)13-6)10(19)14-11-15-16-12(21-11)20-5-9(17)18/h3-4H,5H2,1-2H3,(H,17,18)(H,14,15,19).